The zero-order valence-corrected chi connectivity index (χ0v) is 11.9. The Balaban J connectivity index is 2.26. The van der Waals surface area contributed by atoms with E-state index in [2.05, 4.69) is 30.4 Å². The van der Waals surface area contributed by atoms with Gasteiger partial charge in [-0.1, -0.05) is 13.0 Å². The Hall–Kier alpha value is -1.41. The first-order chi connectivity index (χ1) is 9.33. The van der Waals surface area contributed by atoms with Crippen LogP contribution in [0.4, 0.5) is 0 Å². The summed E-state index contributed by atoms with van der Waals surface area (Å²) in [6.07, 6.45) is 6.04. The maximum absolute atomic E-state index is 4.91. The van der Waals surface area contributed by atoms with Crippen LogP contribution in [0.3, 0.4) is 0 Å². The molecule has 2 heteroatoms. The van der Waals surface area contributed by atoms with Crippen molar-refractivity contribution in [3.63, 3.8) is 0 Å². The third-order valence-electron chi connectivity index (χ3n) is 4.21. The average Bonchev–Trinajstić information content (AvgIpc) is 2.47. The van der Waals surface area contributed by atoms with Gasteiger partial charge >= 0.3 is 0 Å². The summed E-state index contributed by atoms with van der Waals surface area (Å²) in [5.41, 5.74) is 6.91. The number of pyridine rings is 1. The number of rotatable bonds is 3. The van der Waals surface area contributed by atoms with Gasteiger partial charge in [-0.25, -0.2) is 0 Å². The van der Waals surface area contributed by atoms with E-state index < -0.39 is 0 Å². The Bertz CT molecular complexity index is 602. The van der Waals surface area contributed by atoms with Crippen LogP contribution in [-0.4, -0.2) is 12.0 Å². The van der Waals surface area contributed by atoms with E-state index in [1.807, 2.05) is 7.05 Å². The van der Waals surface area contributed by atoms with Gasteiger partial charge in [0.25, 0.3) is 0 Å². The second-order valence-corrected chi connectivity index (χ2v) is 5.46. The number of benzene rings is 1. The number of nitrogens with one attached hydrogen (secondary N) is 1. The molecule has 1 aromatic heterocycles. The fraction of sp³-hybridized carbons (Fsp3) is 0.471. The fourth-order valence-corrected chi connectivity index (χ4v) is 3.17. The summed E-state index contributed by atoms with van der Waals surface area (Å²) in [7, 11) is 2.03. The van der Waals surface area contributed by atoms with Crippen molar-refractivity contribution in [3.8, 4) is 0 Å². The molecule has 0 amide bonds. The van der Waals surface area contributed by atoms with Gasteiger partial charge in [-0.2, -0.15) is 0 Å². The van der Waals surface area contributed by atoms with Crippen molar-refractivity contribution in [3.05, 3.63) is 40.6 Å². The molecule has 0 aliphatic heterocycles. The van der Waals surface area contributed by atoms with Crippen molar-refractivity contribution in [1.82, 2.24) is 10.3 Å². The maximum atomic E-state index is 4.91. The van der Waals surface area contributed by atoms with Gasteiger partial charge in [0, 0.05) is 17.6 Å². The third-order valence-corrected chi connectivity index (χ3v) is 4.21. The molecule has 2 aromatic rings. The molecule has 1 N–H and O–H groups in total. The van der Waals surface area contributed by atoms with Crippen LogP contribution in [0.25, 0.3) is 10.9 Å². The van der Waals surface area contributed by atoms with Crippen LogP contribution in [0.15, 0.2) is 18.2 Å². The Morgan fingerprint density at radius 1 is 1.21 bits per heavy atom. The van der Waals surface area contributed by atoms with E-state index in [-0.39, 0.29) is 0 Å². The van der Waals surface area contributed by atoms with E-state index in [1.165, 1.54) is 52.5 Å². The Morgan fingerprint density at radius 3 is 2.84 bits per heavy atom. The van der Waals surface area contributed by atoms with Crippen LogP contribution >= 0.6 is 0 Å². The van der Waals surface area contributed by atoms with Crippen molar-refractivity contribution < 1.29 is 0 Å². The lowest BCUT2D eigenvalue weighted by Crippen LogP contribution is -2.14. The molecule has 1 aliphatic carbocycles. The van der Waals surface area contributed by atoms with Crippen molar-refractivity contribution in [2.24, 2.45) is 0 Å². The molecule has 2 nitrogen and oxygen atoms in total. The van der Waals surface area contributed by atoms with Gasteiger partial charge in [-0.3, -0.25) is 4.98 Å². The molecule has 0 saturated carbocycles. The van der Waals surface area contributed by atoms with Crippen molar-refractivity contribution in [2.75, 3.05) is 7.05 Å². The molecule has 100 valence electrons. The number of aryl methyl sites for hydroxylation is 2. The predicted octanol–water partition coefficient (Wildman–Crippen LogP) is 3.40. The highest BCUT2D eigenvalue weighted by Crippen LogP contribution is 2.29. The first-order valence-electron chi connectivity index (χ1n) is 7.41. The summed E-state index contributed by atoms with van der Waals surface area (Å²) in [6.45, 7) is 3.17. The molecule has 3 rings (SSSR count). The van der Waals surface area contributed by atoms with Crippen molar-refractivity contribution >= 4 is 10.9 Å². The third kappa shape index (κ3) is 2.25. The maximum Gasteiger partial charge on any atom is 0.0708 e. The van der Waals surface area contributed by atoms with Gasteiger partial charge in [0.1, 0.15) is 0 Å². The largest absolute Gasteiger partial charge is 0.316 e. The van der Waals surface area contributed by atoms with Crippen LogP contribution in [0.5, 0.6) is 0 Å². The molecule has 0 bridgehead atoms. The minimum Gasteiger partial charge on any atom is -0.316 e. The molecule has 0 atom stereocenters. The van der Waals surface area contributed by atoms with Crippen LogP contribution in [0, 0.1) is 0 Å². The number of aromatic nitrogens is 1. The van der Waals surface area contributed by atoms with E-state index in [0.29, 0.717) is 0 Å². The summed E-state index contributed by atoms with van der Waals surface area (Å²) in [5, 5.41) is 4.69. The number of hydrogen-bond donors (Lipinski definition) is 1. The molecule has 0 fully saturated rings. The molecular weight excluding hydrogens is 232 g/mol. The lowest BCUT2D eigenvalue weighted by atomic mass is 9.89. The van der Waals surface area contributed by atoms with E-state index in [4.69, 9.17) is 4.98 Å². The summed E-state index contributed by atoms with van der Waals surface area (Å²) >= 11 is 0. The van der Waals surface area contributed by atoms with Crippen LogP contribution in [0.2, 0.25) is 0 Å². The minimum atomic E-state index is 0.953. The highest BCUT2D eigenvalue weighted by atomic mass is 14.8. The molecule has 1 heterocycles. The van der Waals surface area contributed by atoms with Gasteiger partial charge in [0.2, 0.25) is 0 Å². The zero-order chi connectivity index (χ0) is 13.2. The SMILES string of the molecule is CCc1ccc2nc3c(c(CNC)c2c1)CCCC3. The number of nitrogens with zero attached hydrogens (tertiary/aromatic N) is 1. The van der Waals surface area contributed by atoms with Gasteiger partial charge in [0.05, 0.1) is 5.52 Å². The summed E-state index contributed by atoms with van der Waals surface area (Å²) < 4.78 is 0. The van der Waals surface area contributed by atoms with Crippen molar-refractivity contribution in [2.45, 2.75) is 45.6 Å². The molecule has 1 aromatic carbocycles. The molecule has 1 aliphatic rings. The standard InChI is InChI=1S/C17H22N2/c1-3-12-8-9-17-14(10-12)15(11-18-2)13-6-4-5-7-16(13)19-17/h8-10,18H,3-7,11H2,1-2H3. The summed E-state index contributed by atoms with van der Waals surface area (Å²) in [5.74, 6) is 0. The predicted molar refractivity (Wildman–Crippen MR) is 80.5 cm³/mol. The smallest absolute Gasteiger partial charge is 0.0708 e. The molecular formula is C17H22N2. The van der Waals surface area contributed by atoms with Crippen LogP contribution < -0.4 is 5.32 Å². The minimum absolute atomic E-state index is 0.953. The first kappa shape index (κ1) is 12.6. The highest BCUT2D eigenvalue weighted by molar-refractivity contribution is 5.84. The molecule has 19 heavy (non-hydrogen) atoms. The molecule has 0 radical (unpaired) electrons. The average molecular weight is 254 g/mol. The topological polar surface area (TPSA) is 24.9 Å². The fourth-order valence-electron chi connectivity index (χ4n) is 3.17. The molecule has 0 unspecified atom stereocenters. The summed E-state index contributed by atoms with van der Waals surface area (Å²) in [4.78, 5) is 4.91. The lowest BCUT2D eigenvalue weighted by molar-refractivity contribution is 0.659. The first-order valence-corrected chi connectivity index (χ1v) is 7.41. The Morgan fingerprint density at radius 2 is 2.05 bits per heavy atom. The van der Waals surface area contributed by atoms with Crippen LogP contribution in [-0.2, 0) is 25.8 Å². The monoisotopic (exact) mass is 254 g/mol. The Labute approximate surface area is 115 Å². The van der Waals surface area contributed by atoms with E-state index >= 15 is 0 Å². The van der Waals surface area contributed by atoms with Gasteiger partial charge in [0.15, 0.2) is 0 Å². The second-order valence-electron chi connectivity index (χ2n) is 5.46. The van der Waals surface area contributed by atoms with E-state index in [9.17, 15) is 0 Å². The molecule has 0 spiro atoms. The van der Waals surface area contributed by atoms with E-state index in [1.54, 1.807) is 0 Å². The quantitative estimate of drug-likeness (QED) is 0.908. The normalized spacial score (nSPS) is 14.6. The molecule has 0 saturated heterocycles. The van der Waals surface area contributed by atoms with E-state index in [0.717, 1.165) is 19.4 Å². The zero-order valence-electron chi connectivity index (χ0n) is 11.9. The lowest BCUT2D eigenvalue weighted by Gasteiger charge is -2.21. The van der Waals surface area contributed by atoms with Crippen LogP contribution in [0.1, 0.15) is 42.1 Å². The van der Waals surface area contributed by atoms with Crippen molar-refractivity contribution in [1.29, 1.82) is 0 Å². The highest BCUT2D eigenvalue weighted by Gasteiger charge is 2.17. The second kappa shape index (κ2) is 5.30. The summed E-state index contributed by atoms with van der Waals surface area (Å²) in [6, 6.07) is 6.75. The Kier molecular flexibility index (Phi) is 3.52. The number of hydrogen-bond acceptors (Lipinski definition) is 2. The van der Waals surface area contributed by atoms with Gasteiger partial charge in [-0.15, -0.1) is 0 Å². The van der Waals surface area contributed by atoms with Gasteiger partial charge < -0.3 is 5.32 Å². The number of fused-ring (bicyclic) bond motifs is 2. The van der Waals surface area contributed by atoms with Gasteiger partial charge in [-0.05, 0) is 68.0 Å².